The zero-order chi connectivity index (χ0) is 18.4. The molecule has 1 aliphatic rings. The van der Waals surface area contributed by atoms with Crippen molar-refractivity contribution in [1.29, 1.82) is 0 Å². The van der Waals surface area contributed by atoms with Gasteiger partial charge in [0.15, 0.2) is 5.96 Å². The highest BCUT2D eigenvalue weighted by atomic mass is 16.4. The minimum atomic E-state index is -0.233. The van der Waals surface area contributed by atoms with Crippen molar-refractivity contribution in [3.8, 4) is 0 Å². The molecule has 2 heterocycles. The fourth-order valence-electron chi connectivity index (χ4n) is 3.01. The summed E-state index contributed by atoms with van der Waals surface area (Å²) in [5, 5.41) is 3.32. The monoisotopic (exact) mass is 349 g/mol. The summed E-state index contributed by atoms with van der Waals surface area (Å²) in [5.74, 6) is 2.38. The molecule has 7 nitrogen and oxygen atoms in total. The van der Waals surface area contributed by atoms with E-state index in [2.05, 4.69) is 41.0 Å². The lowest BCUT2D eigenvalue weighted by atomic mass is 9.94. The first-order valence-electron chi connectivity index (χ1n) is 9.06. The van der Waals surface area contributed by atoms with Crippen LogP contribution in [-0.2, 0) is 16.8 Å². The number of rotatable bonds is 5. The molecular weight excluding hydrogens is 318 g/mol. The average molecular weight is 349 g/mol. The Morgan fingerprint density at radius 2 is 2.28 bits per heavy atom. The molecule has 1 aromatic heterocycles. The molecule has 0 spiro atoms. The van der Waals surface area contributed by atoms with Crippen LogP contribution in [0.2, 0.25) is 0 Å². The van der Waals surface area contributed by atoms with Gasteiger partial charge in [0, 0.05) is 31.5 Å². The quantitative estimate of drug-likeness (QED) is 0.626. The molecule has 1 aromatic rings. The van der Waals surface area contributed by atoms with Crippen molar-refractivity contribution in [2.45, 2.75) is 58.9 Å². The van der Waals surface area contributed by atoms with Gasteiger partial charge in [-0.05, 0) is 25.7 Å². The van der Waals surface area contributed by atoms with Crippen LogP contribution in [0.3, 0.4) is 0 Å². The van der Waals surface area contributed by atoms with Crippen LogP contribution in [0.25, 0.3) is 0 Å². The van der Waals surface area contributed by atoms with Gasteiger partial charge in [0.2, 0.25) is 11.8 Å². The molecule has 2 rings (SSSR count). The Hall–Kier alpha value is -2.05. The van der Waals surface area contributed by atoms with Crippen molar-refractivity contribution >= 4 is 11.9 Å². The number of carbonyl (C=O) groups excluding carboxylic acids is 1. The topological polar surface area (TPSA) is 96.8 Å². The summed E-state index contributed by atoms with van der Waals surface area (Å²) in [4.78, 5) is 22.4. The maximum atomic E-state index is 11.2. The van der Waals surface area contributed by atoms with E-state index in [0.29, 0.717) is 24.8 Å². The molecule has 0 aromatic carbocycles. The van der Waals surface area contributed by atoms with Gasteiger partial charge >= 0.3 is 0 Å². The predicted octanol–water partition coefficient (Wildman–Crippen LogP) is 2.02. The largest absolute Gasteiger partial charge is 0.443 e. The number of nitrogens with one attached hydrogen (secondary N) is 1. The molecule has 1 saturated heterocycles. The average Bonchev–Trinajstić information content (AvgIpc) is 3.00. The van der Waals surface area contributed by atoms with E-state index < -0.39 is 0 Å². The summed E-state index contributed by atoms with van der Waals surface area (Å²) in [6, 6.07) is 0. The second-order valence-electron chi connectivity index (χ2n) is 7.66. The van der Waals surface area contributed by atoms with E-state index in [1.54, 1.807) is 6.20 Å². The Morgan fingerprint density at radius 1 is 1.52 bits per heavy atom. The molecule has 1 unspecified atom stereocenters. The molecule has 7 heteroatoms. The molecule has 3 N–H and O–H groups in total. The van der Waals surface area contributed by atoms with Gasteiger partial charge in [0.1, 0.15) is 12.3 Å². The first-order valence-corrected chi connectivity index (χ1v) is 9.06. The number of hydrogen-bond donors (Lipinski definition) is 2. The van der Waals surface area contributed by atoms with Crippen molar-refractivity contribution in [3.05, 3.63) is 17.8 Å². The normalized spacial score (nSPS) is 19.1. The lowest BCUT2D eigenvalue weighted by Crippen LogP contribution is -2.47. The number of carbonyl (C=O) groups is 1. The number of hydrogen-bond acceptors (Lipinski definition) is 4. The number of nitrogens with zero attached hydrogens (tertiary/aromatic N) is 3. The number of aliphatic imine (C=N–C) groups is 1. The summed E-state index contributed by atoms with van der Waals surface area (Å²) >= 11 is 0. The Kier molecular flexibility index (Phi) is 6.45. The van der Waals surface area contributed by atoms with Crippen LogP contribution in [-0.4, -0.2) is 41.4 Å². The second-order valence-corrected chi connectivity index (χ2v) is 7.66. The Morgan fingerprint density at radius 3 is 2.88 bits per heavy atom. The third kappa shape index (κ3) is 5.76. The number of primary amides is 1. The third-order valence-electron chi connectivity index (χ3n) is 4.30. The van der Waals surface area contributed by atoms with Crippen LogP contribution in [0.15, 0.2) is 15.6 Å². The predicted molar refractivity (Wildman–Crippen MR) is 98.1 cm³/mol. The molecule has 0 aliphatic carbocycles. The highest BCUT2D eigenvalue weighted by molar-refractivity contribution is 5.80. The van der Waals surface area contributed by atoms with E-state index in [-0.39, 0.29) is 11.3 Å². The van der Waals surface area contributed by atoms with Crippen molar-refractivity contribution < 1.29 is 9.21 Å². The second kappa shape index (κ2) is 8.36. The van der Waals surface area contributed by atoms with Crippen molar-refractivity contribution in [3.63, 3.8) is 0 Å². The SMILES string of the molecule is CCNC(=NCc1ncc(C(C)(C)C)o1)N1CCCC(CC(N)=O)C1. The highest BCUT2D eigenvalue weighted by Crippen LogP contribution is 2.23. The zero-order valence-corrected chi connectivity index (χ0v) is 15.8. The van der Waals surface area contributed by atoms with Gasteiger partial charge in [-0.3, -0.25) is 4.79 Å². The smallest absolute Gasteiger partial charge is 0.217 e. The number of likely N-dealkylation sites (tertiary alicyclic amines) is 1. The summed E-state index contributed by atoms with van der Waals surface area (Å²) in [6.07, 6.45) is 4.29. The van der Waals surface area contributed by atoms with Crippen molar-refractivity contribution in [2.75, 3.05) is 19.6 Å². The first-order chi connectivity index (χ1) is 11.8. The lowest BCUT2D eigenvalue weighted by molar-refractivity contribution is -0.119. The van der Waals surface area contributed by atoms with Crippen LogP contribution in [0, 0.1) is 5.92 Å². The highest BCUT2D eigenvalue weighted by Gasteiger charge is 2.24. The van der Waals surface area contributed by atoms with Gasteiger partial charge < -0.3 is 20.4 Å². The van der Waals surface area contributed by atoms with E-state index in [0.717, 1.165) is 44.2 Å². The van der Waals surface area contributed by atoms with Gasteiger partial charge in [0.25, 0.3) is 0 Å². The van der Waals surface area contributed by atoms with Crippen molar-refractivity contribution in [2.24, 2.45) is 16.6 Å². The maximum Gasteiger partial charge on any atom is 0.217 e. The van der Waals surface area contributed by atoms with E-state index in [1.165, 1.54) is 0 Å². The van der Waals surface area contributed by atoms with Crippen LogP contribution < -0.4 is 11.1 Å². The molecule has 0 bridgehead atoms. The number of amides is 1. The van der Waals surface area contributed by atoms with Gasteiger partial charge in [0.05, 0.1) is 6.20 Å². The van der Waals surface area contributed by atoms with Crippen LogP contribution >= 0.6 is 0 Å². The molecule has 25 heavy (non-hydrogen) atoms. The zero-order valence-electron chi connectivity index (χ0n) is 15.8. The number of piperidine rings is 1. The van der Waals surface area contributed by atoms with Crippen molar-refractivity contribution in [1.82, 2.24) is 15.2 Å². The summed E-state index contributed by atoms with van der Waals surface area (Å²) in [6.45, 7) is 11.2. The number of guanidine groups is 1. The fourth-order valence-corrected chi connectivity index (χ4v) is 3.01. The van der Waals surface area contributed by atoms with Crippen LogP contribution in [0.5, 0.6) is 0 Å². The third-order valence-corrected chi connectivity index (χ3v) is 4.30. The van der Waals surface area contributed by atoms with E-state index in [9.17, 15) is 4.79 Å². The number of oxazole rings is 1. The molecule has 1 amide bonds. The summed E-state index contributed by atoms with van der Waals surface area (Å²) < 4.78 is 5.81. The number of aromatic nitrogens is 1. The van der Waals surface area contributed by atoms with Gasteiger partial charge in [-0.15, -0.1) is 0 Å². The molecule has 0 radical (unpaired) electrons. The van der Waals surface area contributed by atoms with Gasteiger partial charge in [-0.25, -0.2) is 9.98 Å². The molecule has 1 aliphatic heterocycles. The molecule has 140 valence electrons. The Balaban J connectivity index is 2.04. The van der Waals surface area contributed by atoms with Crippen LogP contribution in [0.1, 0.15) is 58.6 Å². The van der Waals surface area contributed by atoms with Gasteiger partial charge in [-0.2, -0.15) is 0 Å². The minimum absolute atomic E-state index is 0.0612. The Bertz CT molecular complexity index is 603. The Labute approximate surface area is 150 Å². The molecule has 0 saturated carbocycles. The lowest BCUT2D eigenvalue weighted by Gasteiger charge is -2.34. The standard InChI is InChI=1S/C18H31N5O2/c1-5-20-17(23-8-6-7-13(12-23)9-15(19)24)22-11-16-21-10-14(25-16)18(2,3)4/h10,13H,5-9,11-12H2,1-4H3,(H2,19,24)(H,20,22). The van der Waals surface area contributed by atoms with E-state index >= 15 is 0 Å². The van der Waals surface area contributed by atoms with Gasteiger partial charge in [-0.1, -0.05) is 20.8 Å². The van der Waals surface area contributed by atoms with E-state index in [4.69, 9.17) is 10.2 Å². The number of nitrogens with two attached hydrogens (primary N) is 1. The molecule has 1 atom stereocenters. The summed E-state index contributed by atoms with van der Waals surface area (Å²) in [5.41, 5.74) is 5.29. The first kappa shape index (κ1) is 19.3. The van der Waals surface area contributed by atoms with E-state index in [1.807, 2.05) is 6.92 Å². The fraction of sp³-hybridized carbons (Fsp3) is 0.722. The molecular formula is C18H31N5O2. The van der Waals surface area contributed by atoms with Crippen LogP contribution in [0.4, 0.5) is 0 Å². The summed E-state index contributed by atoms with van der Waals surface area (Å²) in [7, 11) is 0. The maximum absolute atomic E-state index is 11.2. The molecule has 1 fully saturated rings. The minimum Gasteiger partial charge on any atom is -0.443 e.